The van der Waals surface area contributed by atoms with Crippen molar-refractivity contribution >= 4 is 28.2 Å². The molecule has 1 aromatic heterocycles. The van der Waals surface area contributed by atoms with Crippen molar-refractivity contribution in [1.82, 2.24) is 14.5 Å². The van der Waals surface area contributed by atoms with Crippen molar-refractivity contribution in [2.75, 3.05) is 20.8 Å². The van der Waals surface area contributed by atoms with Gasteiger partial charge in [0, 0.05) is 20.5 Å². The second-order valence-electron chi connectivity index (χ2n) is 6.53. The van der Waals surface area contributed by atoms with Crippen molar-refractivity contribution in [1.29, 1.82) is 0 Å². The number of ketones is 1. The molecule has 0 amide bonds. The Kier molecular flexibility index (Phi) is 4.47. The molecular formula is C15H21N3O5S. The van der Waals surface area contributed by atoms with Gasteiger partial charge in [0.15, 0.2) is 5.78 Å². The molecule has 8 nitrogen and oxygen atoms in total. The Balaban J connectivity index is 2.01. The van der Waals surface area contributed by atoms with Crippen LogP contribution in [0.2, 0.25) is 0 Å². The van der Waals surface area contributed by atoms with Crippen LogP contribution in [0.5, 0.6) is 0 Å². The minimum absolute atomic E-state index is 0.0268. The minimum atomic E-state index is -1.07. The Labute approximate surface area is 144 Å². The average molecular weight is 355 g/mol. The van der Waals surface area contributed by atoms with Gasteiger partial charge in [-0.05, 0) is 19.4 Å². The summed E-state index contributed by atoms with van der Waals surface area (Å²) in [5.74, 6) is -0.307. The summed E-state index contributed by atoms with van der Waals surface area (Å²) in [5, 5.41) is 13.8. The lowest BCUT2D eigenvalue weighted by molar-refractivity contribution is -0.163. The van der Waals surface area contributed by atoms with Crippen LogP contribution in [0.1, 0.15) is 35.6 Å². The second-order valence-corrected chi connectivity index (χ2v) is 7.51. The van der Waals surface area contributed by atoms with Crippen LogP contribution >= 0.6 is 11.3 Å². The lowest BCUT2D eigenvalue weighted by atomic mass is 9.92. The highest BCUT2D eigenvalue weighted by molar-refractivity contribution is 7.17. The van der Waals surface area contributed by atoms with Gasteiger partial charge in [-0.25, -0.2) is 4.90 Å². The van der Waals surface area contributed by atoms with Gasteiger partial charge in [0.2, 0.25) is 6.23 Å². The molecule has 1 aliphatic carbocycles. The predicted octanol–water partition coefficient (Wildman–Crippen LogP) is 1.48. The van der Waals surface area contributed by atoms with E-state index in [0.29, 0.717) is 23.4 Å². The molecule has 1 aromatic rings. The third kappa shape index (κ3) is 2.76. The molecule has 4 unspecified atom stereocenters. The van der Waals surface area contributed by atoms with Crippen LogP contribution in [0.25, 0.3) is 0 Å². The fourth-order valence-corrected chi connectivity index (χ4v) is 4.46. The van der Waals surface area contributed by atoms with Crippen LogP contribution in [0, 0.1) is 11.1 Å². The normalized spacial score (nSPS) is 33.5. The first kappa shape index (κ1) is 17.4. The van der Waals surface area contributed by atoms with Gasteiger partial charge in [-0.3, -0.25) is 14.2 Å². The number of likely N-dealkylation sites (N-methyl/N-ethyl adjacent to an activating group) is 1. The third-order valence-corrected chi connectivity index (χ3v) is 5.64. The summed E-state index contributed by atoms with van der Waals surface area (Å²) in [7, 11) is 3.19. The van der Waals surface area contributed by atoms with E-state index in [1.807, 2.05) is 6.92 Å². The molecule has 0 bridgehead atoms. The van der Waals surface area contributed by atoms with Gasteiger partial charge in [0.25, 0.3) is 11.4 Å². The van der Waals surface area contributed by atoms with E-state index in [0.717, 1.165) is 11.3 Å². The van der Waals surface area contributed by atoms with E-state index in [1.165, 1.54) is 14.0 Å². The highest BCUT2D eigenvalue weighted by atomic mass is 32.1. The quantitative estimate of drug-likeness (QED) is 0.461. The molecular weight excluding hydrogens is 334 g/mol. The predicted molar refractivity (Wildman–Crippen MR) is 88.1 cm³/mol. The summed E-state index contributed by atoms with van der Waals surface area (Å²) >= 11 is 1.11. The summed E-state index contributed by atoms with van der Waals surface area (Å²) in [4.78, 5) is 30.4. The number of hydroxylamine groups is 2. The SMILES string of the molecule is COC1C(OC(C)=O)[N+]([O-])(c2nc3c(s2)C(=O)CC(C)C3)CN1C. The average Bonchev–Trinajstić information content (AvgIpc) is 3.00. The van der Waals surface area contributed by atoms with E-state index in [1.54, 1.807) is 11.9 Å². The Morgan fingerprint density at radius 1 is 1.46 bits per heavy atom. The van der Waals surface area contributed by atoms with Crippen LogP contribution in [-0.4, -0.2) is 54.9 Å². The van der Waals surface area contributed by atoms with E-state index < -0.39 is 23.1 Å². The zero-order chi connectivity index (χ0) is 17.6. The van der Waals surface area contributed by atoms with Gasteiger partial charge >= 0.3 is 5.97 Å². The lowest BCUT2D eigenvalue weighted by Crippen LogP contribution is -2.52. The highest BCUT2D eigenvalue weighted by Gasteiger charge is 2.53. The maximum Gasteiger partial charge on any atom is 0.307 e. The largest absolute Gasteiger partial charge is 0.622 e. The number of rotatable bonds is 3. The number of nitrogens with zero attached hydrogens (tertiary/aromatic N) is 3. The second kappa shape index (κ2) is 6.16. The summed E-state index contributed by atoms with van der Waals surface area (Å²) in [5.41, 5.74) is 0.678. The molecule has 132 valence electrons. The molecule has 1 aliphatic heterocycles. The topological polar surface area (TPSA) is 91.8 Å². The number of hydrogen-bond donors (Lipinski definition) is 0. The molecule has 0 radical (unpaired) electrons. The Morgan fingerprint density at radius 3 is 2.79 bits per heavy atom. The first-order valence-electron chi connectivity index (χ1n) is 7.78. The molecule has 2 heterocycles. The van der Waals surface area contributed by atoms with Crippen molar-refractivity contribution in [2.45, 2.75) is 39.1 Å². The summed E-state index contributed by atoms with van der Waals surface area (Å²) in [6, 6.07) is 0. The fourth-order valence-electron chi connectivity index (χ4n) is 3.36. The van der Waals surface area contributed by atoms with Gasteiger partial charge in [-0.1, -0.05) is 18.3 Å². The number of esters is 1. The molecule has 0 spiro atoms. The van der Waals surface area contributed by atoms with Crippen LogP contribution < -0.4 is 4.65 Å². The van der Waals surface area contributed by atoms with Crippen molar-refractivity contribution < 1.29 is 19.1 Å². The number of thiazole rings is 1. The zero-order valence-electron chi connectivity index (χ0n) is 14.1. The maximum absolute atomic E-state index is 13.5. The summed E-state index contributed by atoms with van der Waals surface area (Å²) in [6.45, 7) is 3.29. The van der Waals surface area contributed by atoms with E-state index in [4.69, 9.17) is 9.47 Å². The van der Waals surface area contributed by atoms with E-state index in [-0.39, 0.29) is 23.5 Å². The Morgan fingerprint density at radius 2 is 2.17 bits per heavy atom. The number of carbonyl (C=O) groups excluding carboxylic acids is 2. The van der Waals surface area contributed by atoms with E-state index in [2.05, 4.69) is 4.98 Å². The number of fused-ring (bicyclic) bond motifs is 1. The molecule has 0 saturated carbocycles. The molecule has 0 N–H and O–H groups in total. The number of ether oxygens (including phenoxy) is 2. The molecule has 1 saturated heterocycles. The van der Waals surface area contributed by atoms with Crippen LogP contribution in [0.15, 0.2) is 0 Å². The maximum atomic E-state index is 13.5. The van der Waals surface area contributed by atoms with Crippen LogP contribution in [-0.2, 0) is 20.7 Å². The molecule has 2 aliphatic rings. The third-order valence-electron chi connectivity index (χ3n) is 4.39. The minimum Gasteiger partial charge on any atom is -0.622 e. The van der Waals surface area contributed by atoms with Crippen molar-refractivity contribution in [3.05, 3.63) is 15.8 Å². The molecule has 0 aromatic carbocycles. The standard InChI is InChI=1S/C15H21N3O5S/c1-8-5-10-12(11(20)6-8)24-15(16-10)18(21)7-17(3)13(22-4)14(18)23-9(2)19/h8,13-14H,5-7H2,1-4H3. The zero-order valence-corrected chi connectivity index (χ0v) is 15.0. The molecule has 3 rings (SSSR count). The molecule has 9 heteroatoms. The number of aromatic nitrogens is 1. The number of carbonyl (C=O) groups is 2. The molecule has 1 fully saturated rings. The number of methoxy groups -OCH3 is 1. The van der Waals surface area contributed by atoms with Crippen molar-refractivity contribution in [2.24, 2.45) is 5.92 Å². The van der Waals surface area contributed by atoms with Gasteiger partial charge < -0.3 is 14.7 Å². The van der Waals surface area contributed by atoms with Gasteiger partial charge in [-0.15, -0.1) is 0 Å². The number of quaternary nitrogens is 1. The van der Waals surface area contributed by atoms with E-state index in [9.17, 15) is 14.8 Å². The summed E-state index contributed by atoms with van der Waals surface area (Å²) in [6.07, 6.45) is -0.583. The Hall–Kier alpha value is -1.39. The monoisotopic (exact) mass is 355 g/mol. The first-order chi connectivity index (χ1) is 11.3. The van der Waals surface area contributed by atoms with E-state index >= 15 is 0 Å². The van der Waals surface area contributed by atoms with Gasteiger partial charge in [0.1, 0.15) is 6.67 Å². The molecule has 4 atom stereocenters. The number of hydrogen-bond acceptors (Lipinski definition) is 8. The first-order valence-corrected chi connectivity index (χ1v) is 8.60. The Bertz CT molecular complexity index is 678. The summed E-state index contributed by atoms with van der Waals surface area (Å²) < 4.78 is 9.66. The van der Waals surface area contributed by atoms with Crippen molar-refractivity contribution in [3.63, 3.8) is 0 Å². The highest BCUT2D eigenvalue weighted by Crippen LogP contribution is 2.41. The van der Waals surface area contributed by atoms with Gasteiger partial charge in [-0.2, -0.15) is 4.98 Å². The number of Topliss-reactive ketones (excluding diaryl/α,β-unsaturated/α-hetero) is 1. The fraction of sp³-hybridized carbons (Fsp3) is 0.667. The van der Waals surface area contributed by atoms with Crippen LogP contribution in [0.4, 0.5) is 5.13 Å². The van der Waals surface area contributed by atoms with Crippen LogP contribution in [0.3, 0.4) is 0 Å². The van der Waals surface area contributed by atoms with Gasteiger partial charge in [0.05, 0.1) is 10.6 Å². The smallest absolute Gasteiger partial charge is 0.307 e. The van der Waals surface area contributed by atoms with Crippen molar-refractivity contribution in [3.8, 4) is 0 Å². The lowest BCUT2D eigenvalue weighted by Gasteiger charge is -2.38. The molecule has 24 heavy (non-hydrogen) atoms.